The number of rotatable bonds is 6. The molecule has 0 fully saturated rings. The van der Waals surface area contributed by atoms with E-state index in [-0.39, 0.29) is 6.03 Å². The molecule has 1 aromatic carbocycles. The molecule has 1 heterocycles. The highest BCUT2D eigenvalue weighted by Crippen LogP contribution is 2.28. The van der Waals surface area contributed by atoms with Gasteiger partial charge in [-0.25, -0.2) is 9.59 Å². The normalized spacial score (nSPS) is 16.4. The summed E-state index contributed by atoms with van der Waals surface area (Å²) in [5.74, 6) is -0.429. The lowest BCUT2D eigenvalue weighted by molar-refractivity contribution is 0.0251. The molecule has 1 atom stereocenters. The maximum Gasteiger partial charge on any atom is 0.340 e. The van der Waals surface area contributed by atoms with Crippen molar-refractivity contribution < 1.29 is 14.3 Å². The molecule has 124 valence electrons. The summed E-state index contributed by atoms with van der Waals surface area (Å²) in [5.41, 5.74) is -0.169. The number of hydrogen-bond donors (Lipinski definition) is 0. The zero-order chi connectivity index (χ0) is 16.7. The maximum absolute atomic E-state index is 12.6. The second kappa shape index (κ2) is 8.62. The first kappa shape index (κ1) is 17.4. The van der Waals surface area contributed by atoms with Crippen LogP contribution in [-0.4, -0.2) is 40.4 Å². The van der Waals surface area contributed by atoms with Crippen LogP contribution in [0.3, 0.4) is 0 Å². The van der Waals surface area contributed by atoms with Gasteiger partial charge in [0.1, 0.15) is 0 Å². The number of nitrogens with zero attached hydrogens (tertiary/aromatic N) is 2. The van der Waals surface area contributed by atoms with Crippen molar-refractivity contribution >= 4 is 23.8 Å². The van der Waals surface area contributed by atoms with Gasteiger partial charge in [-0.15, -0.1) is 0 Å². The molecule has 2 rings (SSSR count). The minimum atomic E-state index is -0.647. The van der Waals surface area contributed by atoms with Crippen LogP contribution in [0.4, 0.5) is 4.79 Å². The number of urea groups is 1. The molecule has 0 radical (unpaired) electrons. The highest BCUT2D eigenvalue weighted by atomic mass is 32.2. The molecule has 0 bridgehead atoms. The molecule has 1 aliphatic heterocycles. The summed E-state index contributed by atoms with van der Waals surface area (Å²) in [6.45, 7) is 5.47. The molecule has 0 spiro atoms. The molecule has 0 saturated carbocycles. The number of carbonyl (C=O) groups excluding carboxylic acids is 2. The van der Waals surface area contributed by atoms with E-state index in [4.69, 9.17) is 4.74 Å². The van der Waals surface area contributed by atoms with Crippen LogP contribution in [0.2, 0.25) is 0 Å². The van der Waals surface area contributed by atoms with E-state index in [1.807, 2.05) is 19.9 Å². The van der Waals surface area contributed by atoms with Crippen LogP contribution in [0.1, 0.15) is 37.0 Å². The van der Waals surface area contributed by atoms with Gasteiger partial charge < -0.3 is 9.64 Å². The van der Waals surface area contributed by atoms with Crippen molar-refractivity contribution in [1.29, 1.82) is 0 Å². The molecular weight excluding hydrogens is 312 g/mol. The van der Waals surface area contributed by atoms with E-state index in [0.29, 0.717) is 18.7 Å². The Morgan fingerprint density at radius 1 is 1.17 bits per heavy atom. The molecule has 6 heteroatoms. The Morgan fingerprint density at radius 3 is 2.43 bits per heavy atom. The van der Waals surface area contributed by atoms with Crippen LogP contribution in [0.15, 0.2) is 41.9 Å². The van der Waals surface area contributed by atoms with Gasteiger partial charge >= 0.3 is 12.0 Å². The van der Waals surface area contributed by atoms with Crippen LogP contribution < -0.4 is 0 Å². The van der Waals surface area contributed by atoms with E-state index in [9.17, 15) is 9.59 Å². The summed E-state index contributed by atoms with van der Waals surface area (Å²) in [6, 6.07) is 8.67. The lowest BCUT2D eigenvalue weighted by atomic mass is 10.2. The largest absolute Gasteiger partial charge is 0.427 e. The van der Waals surface area contributed by atoms with Gasteiger partial charge in [-0.3, -0.25) is 4.90 Å². The minimum absolute atomic E-state index is 0.124. The number of amides is 2. The SMILES string of the molecule is CCCN(CCC)C(=O)N1C=CSC1OC(=O)c1ccccc1. The topological polar surface area (TPSA) is 49.9 Å². The number of carbonyl (C=O) groups is 2. The first-order valence-corrected chi connectivity index (χ1v) is 8.77. The summed E-state index contributed by atoms with van der Waals surface area (Å²) in [5, 5.41) is 1.77. The van der Waals surface area contributed by atoms with E-state index in [1.165, 1.54) is 16.7 Å². The van der Waals surface area contributed by atoms with Gasteiger partial charge in [0.05, 0.1) is 5.56 Å². The number of hydrogen-bond acceptors (Lipinski definition) is 4. The van der Waals surface area contributed by atoms with Gasteiger partial charge in [0.25, 0.3) is 0 Å². The Morgan fingerprint density at radius 2 is 1.83 bits per heavy atom. The lowest BCUT2D eigenvalue weighted by Crippen LogP contribution is -2.45. The van der Waals surface area contributed by atoms with Crippen molar-refractivity contribution in [1.82, 2.24) is 9.80 Å². The molecule has 1 aromatic rings. The molecule has 0 N–H and O–H groups in total. The fourth-order valence-electron chi connectivity index (χ4n) is 2.28. The zero-order valence-electron chi connectivity index (χ0n) is 13.5. The first-order chi connectivity index (χ1) is 11.2. The Balaban J connectivity index is 2.02. The van der Waals surface area contributed by atoms with Crippen molar-refractivity contribution in [3.63, 3.8) is 0 Å². The molecule has 0 saturated heterocycles. The van der Waals surface area contributed by atoms with Crippen LogP contribution in [0.5, 0.6) is 0 Å². The fourth-order valence-corrected chi connectivity index (χ4v) is 3.05. The third kappa shape index (κ3) is 4.51. The van der Waals surface area contributed by atoms with Crippen LogP contribution >= 0.6 is 11.8 Å². The van der Waals surface area contributed by atoms with Gasteiger partial charge in [0.15, 0.2) is 0 Å². The molecule has 23 heavy (non-hydrogen) atoms. The fraction of sp³-hybridized carbons (Fsp3) is 0.412. The van der Waals surface area contributed by atoms with Gasteiger partial charge in [-0.1, -0.05) is 43.8 Å². The third-order valence-electron chi connectivity index (χ3n) is 3.34. The average molecular weight is 334 g/mol. The van der Waals surface area contributed by atoms with Crippen molar-refractivity contribution in [2.24, 2.45) is 0 Å². The summed E-state index contributed by atoms with van der Waals surface area (Å²) in [6.07, 6.45) is 3.46. The Kier molecular flexibility index (Phi) is 6.52. The summed E-state index contributed by atoms with van der Waals surface area (Å²) in [4.78, 5) is 28.1. The van der Waals surface area contributed by atoms with Gasteiger partial charge in [-0.2, -0.15) is 0 Å². The van der Waals surface area contributed by atoms with E-state index in [1.54, 1.807) is 40.8 Å². The molecule has 5 nitrogen and oxygen atoms in total. The highest BCUT2D eigenvalue weighted by Gasteiger charge is 2.32. The van der Waals surface area contributed by atoms with Gasteiger partial charge in [-0.05, 0) is 30.4 Å². The van der Waals surface area contributed by atoms with Gasteiger partial charge in [0.2, 0.25) is 5.56 Å². The predicted molar refractivity (Wildman–Crippen MR) is 91.8 cm³/mol. The zero-order valence-corrected chi connectivity index (χ0v) is 14.3. The van der Waals surface area contributed by atoms with Crippen LogP contribution in [0, 0.1) is 0 Å². The Bertz CT molecular complexity index is 556. The van der Waals surface area contributed by atoms with Crippen LogP contribution in [0.25, 0.3) is 0 Å². The Hall–Kier alpha value is -1.95. The first-order valence-electron chi connectivity index (χ1n) is 7.82. The average Bonchev–Trinajstić information content (AvgIpc) is 3.03. The van der Waals surface area contributed by atoms with E-state index < -0.39 is 11.5 Å². The van der Waals surface area contributed by atoms with Crippen molar-refractivity contribution in [2.45, 2.75) is 32.2 Å². The third-order valence-corrected chi connectivity index (χ3v) is 4.17. The molecule has 0 aliphatic carbocycles. The summed E-state index contributed by atoms with van der Waals surface area (Å²) < 4.78 is 5.48. The molecule has 0 aromatic heterocycles. The molecule has 2 amide bonds. The maximum atomic E-state index is 12.6. The van der Waals surface area contributed by atoms with E-state index >= 15 is 0 Å². The lowest BCUT2D eigenvalue weighted by Gasteiger charge is -2.29. The quantitative estimate of drug-likeness (QED) is 0.741. The van der Waals surface area contributed by atoms with Crippen LogP contribution in [-0.2, 0) is 4.74 Å². The standard InChI is InChI=1S/C17H22N2O3S/c1-3-10-18(11-4-2)16(21)19-12-13-23-17(19)22-15(20)14-8-6-5-7-9-14/h5-9,12-13,17H,3-4,10-11H2,1-2H3. The number of benzene rings is 1. The molecule has 1 aliphatic rings. The minimum Gasteiger partial charge on any atom is -0.427 e. The Labute approximate surface area is 141 Å². The smallest absolute Gasteiger partial charge is 0.340 e. The second-order valence-electron chi connectivity index (χ2n) is 5.18. The van der Waals surface area contributed by atoms with Crippen molar-refractivity contribution in [3.05, 3.63) is 47.5 Å². The van der Waals surface area contributed by atoms with Crippen molar-refractivity contribution in [3.8, 4) is 0 Å². The van der Waals surface area contributed by atoms with E-state index in [2.05, 4.69) is 0 Å². The van der Waals surface area contributed by atoms with Crippen molar-refractivity contribution in [2.75, 3.05) is 13.1 Å². The second-order valence-corrected chi connectivity index (χ2v) is 6.12. The highest BCUT2D eigenvalue weighted by molar-refractivity contribution is 8.02. The summed E-state index contributed by atoms with van der Waals surface area (Å²) >= 11 is 1.31. The molecule has 1 unspecified atom stereocenters. The summed E-state index contributed by atoms with van der Waals surface area (Å²) in [7, 11) is 0. The predicted octanol–water partition coefficient (Wildman–Crippen LogP) is 3.89. The van der Waals surface area contributed by atoms with E-state index in [0.717, 1.165) is 12.8 Å². The van der Waals surface area contributed by atoms with Gasteiger partial charge in [0, 0.05) is 19.3 Å². The number of esters is 1. The monoisotopic (exact) mass is 334 g/mol. The molecular formula is C17H22N2O3S. The number of thioether (sulfide) groups is 1. The number of ether oxygens (including phenoxy) is 1.